The van der Waals surface area contributed by atoms with Gasteiger partial charge in [-0.15, -0.1) is 0 Å². The molecule has 0 saturated carbocycles. The highest BCUT2D eigenvalue weighted by Crippen LogP contribution is 2.42. The van der Waals surface area contributed by atoms with Crippen molar-refractivity contribution < 1.29 is 0 Å². The lowest BCUT2D eigenvalue weighted by Crippen LogP contribution is -2.27. The van der Waals surface area contributed by atoms with E-state index in [2.05, 4.69) is 174 Å². The van der Waals surface area contributed by atoms with E-state index in [1.165, 1.54) is 38.5 Å². The van der Waals surface area contributed by atoms with Crippen molar-refractivity contribution in [2.75, 3.05) is 4.90 Å². The maximum Gasteiger partial charge on any atom is 0.234 e. The highest BCUT2D eigenvalue weighted by atomic mass is 15.3. The van der Waals surface area contributed by atoms with Gasteiger partial charge in [0, 0.05) is 45.6 Å². The van der Waals surface area contributed by atoms with Crippen molar-refractivity contribution in [2.24, 2.45) is 0 Å². The number of aromatic nitrogens is 3. The quantitative estimate of drug-likeness (QED) is 0.171. The molecule has 0 radical (unpaired) electrons. The van der Waals surface area contributed by atoms with Gasteiger partial charge in [0.2, 0.25) is 5.95 Å². The molecular weight excluding hydrogens is 621 g/mol. The van der Waals surface area contributed by atoms with Crippen molar-refractivity contribution in [1.82, 2.24) is 14.5 Å². The van der Waals surface area contributed by atoms with Gasteiger partial charge < -0.3 is 4.57 Å². The number of anilines is 3. The molecular formula is C47H36N4. The Morgan fingerprint density at radius 2 is 1.04 bits per heavy atom. The van der Waals surface area contributed by atoms with Crippen LogP contribution >= 0.6 is 0 Å². The van der Waals surface area contributed by atoms with Crippen LogP contribution < -0.4 is 4.90 Å². The van der Waals surface area contributed by atoms with E-state index in [-0.39, 0.29) is 5.54 Å². The van der Waals surface area contributed by atoms with Gasteiger partial charge in [-0.2, -0.15) is 0 Å². The largest absolute Gasteiger partial charge is 0.331 e. The number of hydrogen-bond donors (Lipinski definition) is 0. The van der Waals surface area contributed by atoms with Crippen LogP contribution in [0.25, 0.3) is 55.2 Å². The third kappa shape index (κ3) is 5.61. The number of para-hydroxylation sites is 1. The monoisotopic (exact) mass is 656 g/mol. The number of allylic oxidation sites excluding steroid dienone is 4. The zero-order valence-corrected chi connectivity index (χ0v) is 28.4. The molecule has 0 fully saturated rings. The Morgan fingerprint density at radius 3 is 1.67 bits per heavy atom. The normalized spacial score (nSPS) is 15.4. The summed E-state index contributed by atoms with van der Waals surface area (Å²) in [6.45, 7) is 2.32. The Hall–Kier alpha value is -6.52. The van der Waals surface area contributed by atoms with Crippen molar-refractivity contribution in [1.29, 1.82) is 0 Å². The van der Waals surface area contributed by atoms with E-state index in [4.69, 9.17) is 9.97 Å². The van der Waals surface area contributed by atoms with E-state index in [1.807, 2.05) is 30.6 Å². The average molecular weight is 657 g/mol. The second-order valence-electron chi connectivity index (χ2n) is 13.4. The molecule has 8 aromatic rings. The summed E-state index contributed by atoms with van der Waals surface area (Å²) in [6, 6.07) is 53.8. The number of rotatable bonds is 7. The fourth-order valence-electron chi connectivity index (χ4n) is 7.42. The van der Waals surface area contributed by atoms with Crippen LogP contribution in [0.3, 0.4) is 0 Å². The number of hydrogen-bond acceptors (Lipinski definition) is 3. The molecule has 244 valence electrons. The fraction of sp³-hybridized carbons (Fsp3) is 0.0638. The number of fused-ring (bicyclic) bond motifs is 3. The number of nitrogens with zero attached hydrogens (tertiary/aromatic N) is 4. The van der Waals surface area contributed by atoms with E-state index in [0.29, 0.717) is 5.95 Å². The van der Waals surface area contributed by atoms with Crippen LogP contribution in [-0.2, 0) is 5.54 Å². The first-order chi connectivity index (χ1) is 25.1. The summed E-state index contributed by atoms with van der Waals surface area (Å²) in [5.74, 6) is 0.616. The Bertz CT molecular complexity index is 2530. The van der Waals surface area contributed by atoms with Gasteiger partial charge >= 0.3 is 0 Å². The Kier molecular flexibility index (Phi) is 7.63. The predicted molar refractivity (Wildman–Crippen MR) is 213 cm³/mol. The molecule has 1 atom stereocenters. The lowest BCUT2D eigenvalue weighted by molar-refractivity contribution is 0.437. The summed E-state index contributed by atoms with van der Waals surface area (Å²) < 4.78 is 2.49. The van der Waals surface area contributed by atoms with Crippen molar-refractivity contribution in [2.45, 2.75) is 18.9 Å². The van der Waals surface area contributed by atoms with E-state index >= 15 is 0 Å². The topological polar surface area (TPSA) is 34.0 Å². The molecule has 0 aliphatic heterocycles. The molecule has 51 heavy (non-hydrogen) atoms. The van der Waals surface area contributed by atoms with Gasteiger partial charge in [-0.25, -0.2) is 9.97 Å². The van der Waals surface area contributed by atoms with Crippen LogP contribution in [-0.4, -0.2) is 14.5 Å². The minimum Gasteiger partial charge on any atom is -0.331 e. The fourth-order valence-corrected chi connectivity index (χ4v) is 7.42. The molecule has 2 heterocycles. The molecule has 0 amide bonds. The first-order valence-corrected chi connectivity index (χ1v) is 17.5. The molecule has 4 heteroatoms. The zero-order valence-electron chi connectivity index (χ0n) is 28.4. The minimum absolute atomic E-state index is 0.164. The Labute approximate surface area is 298 Å². The molecule has 1 aliphatic rings. The van der Waals surface area contributed by atoms with Crippen molar-refractivity contribution in [3.05, 3.63) is 188 Å². The van der Waals surface area contributed by atoms with Crippen molar-refractivity contribution in [3.63, 3.8) is 0 Å². The van der Waals surface area contributed by atoms with E-state index in [1.54, 1.807) is 0 Å². The number of benzene rings is 6. The second kappa shape index (κ2) is 12.7. The predicted octanol–water partition coefficient (Wildman–Crippen LogP) is 12.3. The van der Waals surface area contributed by atoms with Crippen molar-refractivity contribution in [3.8, 4) is 33.4 Å². The maximum atomic E-state index is 4.95. The van der Waals surface area contributed by atoms with Gasteiger partial charge in [-0.3, -0.25) is 4.90 Å². The third-order valence-corrected chi connectivity index (χ3v) is 10.1. The Balaban J connectivity index is 1.14. The summed E-state index contributed by atoms with van der Waals surface area (Å²) in [5, 5.41) is 2.43. The van der Waals surface area contributed by atoms with Crippen LogP contribution in [0.2, 0.25) is 0 Å². The highest BCUT2D eigenvalue weighted by molar-refractivity contribution is 6.10. The van der Waals surface area contributed by atoms with Gasteiger partial charge in [-0.05, 0) is 77.6 Å². The summed E-state index contributed by atoms with van der Waals surface area (Å²) in [5.41, 5.74) is 11.1. The van der Waals surface area contributed by atoms with Crippen molar-refractivity contribution >= 4 is 39.1 Å². The van der Waals surface area contributed by atoms with Gasteiger partial charge in [0.25, 0.3) is 0 Å². The van der Waals surface area contributed by atoms with Crippen LogP contribution in [0.1, 0.15) is 13.3 Å². The molecule has 4 nitrogen and oxygen atoms in total. The van der Waals surface area contributed by atoms with Crippen LogP contribution in [0.4, 0.5) is 17.3 Å². The smallest absolute Gasteiger partial charge is 0.234 e. The molecule has 0 N–H and O–H groups in total. The molecule has 6 aromatic carbocycles. The lowest BCUT2D eigenvalue weighted by Gasteiger charge is -2.31. The SMILES string of the molecule is CC1(n2c3ccccc3c3cc(N(c4ccc(-c5ccc(-c6ccccc6)cc5)cc4)c4ncc(-c5ccccc5)cn4)ccc32)C=CC=CC1. The molecule has 0 saturated heterocycles. The van der Waals surface area contributed by atoms with E-state index in [0.717, 1.165) is 34.5 Å². The van der Waals surface area contributed by atoms with Gasteiger partial charge in [-0.1, -0.05) is 140 Å². The minimum atomic E-state index is -0.164. The molecule has 9 rings (SSSR count). The Morgan fingerprint density at radius 1 is 0.510 bits per heavy atom. The summed E-state index contributed by atoms with van der Waals surface area (Å²) in [6.07, 6.45) is 13.7. The summed E-state index contributed by atoms with van der Waals surface area (Å²) in [7, 11) is 0. The lowest BCUT2D eigenvalue weighted by atomic mass is 9.93. The second-order valence-corrected chi connectivity index (χ2v) is 13.4. The molecule has 2 aromatic heterocycles. The highest BCUT2D eigenvalue weighted by Gasteiger charge is 2.28. The third-order valence-electron chi connectivity index (χ3n) is 10.1. The molecule has 1 aliphatic carbocycles. The molecule has 0 spiro atoms. The van der Waals surface area contributed by atoms with Crippen LogP contribution in [0.5, 0.6) is 0 Å². The van der Waals surface area contributed by atoms with E-state index in [9.17, 15) is 0 Å². The summed E-state index contributed by atoms with van der Waals surface area (Å²) >= 11 is 0. The first kappa shape index (κ1) is 30.5. The van der Waals surface area contributed by atoms with Gasteiger partial charge in [0.15, 0.2) is 0 Å². The molecule has 0 bridgehead atoms. The average Bonchev–Trinajstić information content (AvgIpc) is 3.54. The van der Waals surface area contributed by atoms with Gasteiger partial charge in [0.05, 0.1) is 11.1 Å². The summed E-state index contributed by atoms with van der Waals surface area (Å²) in [4.78, 5) is 12.1. The van der Waals surface area contributed by atoms with Gasteiger partial charge in [0.1, 0.15) is 0 Å². The van der Waals surface area contributed by atoms with E-state index < -0.39 is 0 Å². The van der Waals surface area contributed by atoms with Crippen LogP contribution in [0.15, 0.2) is 188 Å². The molecule has 1 unspecified atom stereocenters. The maximum absolute atomic E-state index is 4.95. The first-order valence-electron chi connectivity index (χ1n) is 17.5. The zero-order chi connectivity index (χ0) is 34.2. The standard InChI is InChI=1S/C47H36N4/c1-47(29-11-4-12-30-47)51-44-18-10-9-17-42(44)43-31-41(27-28-45(43)51)50(46-48-32-39(33-49-46)35-15-7-3-8-16-35)40-25-23-38(24-26-40)37-21-19-36(20-22-37)34-13-5-2-6-14-34/h2-29,31-33H,30H2,1H3. The van der Waals surface area contributed by atoms with Crippen LogP contribution in [0, 0.1) is 0 Å².